The predicted molar refractivity (Wildman–Crippen MR) is 99.2 cm³/mol. The first-order chi connectivity index (χ1) is 12.2. The van der Waals surface area contributed by atoms with Gasteiger partial charge in [-0.2, -0.15) is 0 Å². The molecule has 6 heteroatoms. The Labute approximate surface area is 149 Å². The normalized spacial score (nSPS) is 10.8. The fourth-order valence-corrected chi connectivity index (χ4v) is 2.62. The van der Waals surface area contributed by atoms with Gasteiger partial charge >= 0.3 is 0 Å². The number of phenolic OH excluding ortho intramolecular Hbond substituents is 1. The molecule has 2 aromatic carbocycles. The van der Waals surface area contributed by atoms with Crippen molar-refractivity contribution in [3.05, 3.63) is 71.9 Å². The van der Waals surface area contributed by atoms with Crippen LogP contribution in [0.2, 0.25) is 5.02 Å². The summed E-state index contributed by atoms with van der Waals surface area (Å²) in [4.78, 5) is 13.5. The largest absolute Gasteiger partial charge is 0.508 e. The summed E-state index contributed by atoms with van der Waals surface area (Å²) in [7, 11) is 0. The zero-order valence-electron chi connectivity index (χ0n) is 13.0. The van der Waals surface area contributed by atoms with Gasteiger partial charge < -0.3 is 10.4 Å². The van der Waals surface area contributed by atoms with Crippen LogP contribution in [-0.2, 0) is 0 Å². The number of benzene rings is 2. The van der Waals surface area contributed by atoms with Crippen LogP contribution in [0.15, 0.2) is 66.9 Å². The molecule has 0 amide bonds. The molecule has 5 nitrogen and oxygen atoms in total. The summed E-state index contributed by atoms with van der Waals surface area (Å²) in [5, 5.41) is 13.2. The molecule has 25 heavy (non-hydrogen) atoms. The van der Waals surface area contributed by atoms with E-state index in [9.17, 15) is 5.11 Å². The molecule has 4 aromatic rings. The molecule has 122 valence electrons. The first-order valence-electron chi connectivity index (χ1n) is 7.64. The Balaban J connectivity index is 1.71. The molecule has 4 rings (SSSR count). The molecule has 0 aliphatic carbocycles. The average Bonchev–Trinajstić information content (AvgIpc) is 2.64. The number of phenols is 1. The van der Waals surface area contributed by atoms with Crippen LogP contribution in [0, 0.1) is 0 Å². The molecule has 0 aliphatic heterocycles. The molecule has 2 aromatic heterocycles. The van der Waals surface area contributed by atoms with Crippen molar-refractivity contribution in [1.82, 2.24) is 15.0 Å². The molecule has 0 aliphatic rings. The molecule has 0 atom stereocenters. The fraction of sp³-hybridized carbons (Fsp3) is 0. The van der Waals surface area contributed by atoms with Gasteiger partial charge in [0, 0.05) is 5.56 Å². The molecular formula is C19H13ClN4O. The standard InChI is InChI=1S/C19H13ClN4O/c20-14-3-1-2-4-15(14)22-18-10-9-16-19(24-18)23-17(11-21-16)12-5-7-13(25)8-6-12/h1-11,25H,(H,22,23,24). The van der Waals surface area contributed by atoms with Gasteiger partial charge in [0.2, 0.25) is 0 Å². The van der Waals surface area contributed by atoms with E-state index in [0.29, 0.717) is 27.7 Å². The van der Waals surface area contributed by atoms with Crippen molar-refractivity contribution >= 4 is 34.3 Å². The van der Waals surface area contributed by atoms with Crippen molar-refractivity contribution in [1.29, 1.82) is 0 Å². The van der Waals surface area contributed by atoms with Gasteiger partial charge in [-0.25, -0.2) is 9.97 Å². The van der Waals surface area contributed by atoms with Gasteiger partial charge in [-0.3, -0.25) is 4.98 Å². The minimum absolute atomic E-state index is 0.210. The highest BCUT2D eigenvalue weighted by Gasteiger charge is 2.06. The third kappa shape index (κ3) is 3.22. The van der Waals surface area contributed by atoms with Crippen molar-refractivity contribution in [3.63, 3.8) is 0 Å². The number of para-hydroxylation sites is 1. The number of rotatable bonds is 3. The van der Waals surface area contributed by atoms with Crippen LogP contribution in [0.3, 0.4) is 0 Å². The highest BCUT2D eigenvalue weighted by Crippen LogP contribution is 2.25. The Kier molecular flexibility index (Phi) is 3.91. The number of hydrogen-bond donors (Lipinski definition) is 2. The van der Waals surface area contributed by atoms with Crippen molar-refractivity contribution in [2.24, 2.45) is 0 Å². The third-order valence-electron chi connectivity index (χ3n) is 3.71. The predicted octanol–water partition coefficient (Wildman–Crippen LogP) is 4.79. The first kappa shape index (κ1) is 15.4. The molecule has 0 unspecified atom stereocenters. The SMILES string of the molecule is Oc1ccc(-c2cnc3ccc(Nc4ccccc4Cl)nc3n2)cc1. The van der Waals surface area contributed by atoms with Crippen molar-refractivity contribution in [3.8, 4) is 17.0 Å². The summed E-state index contributed by atoms with van der Waals surface area (Å²) in [5.41, 5.74) is 3.56. The molecule has 2 N–H and O–H groups in total. The van der Waals surface area contributed by atoms with Gasteiger partial charge in [0.15, 0.2) is 5.65 Å². The van der Waals surface area contributed by atoms with E-state index in [4.69, 9.17) is 11.6 Å². The highest BCUT2D eigenvalue weighted by molar-refractivity contribution is 6.33. The van der Waals surface area contributed by atoms with Crippen LogP contribution in [0.5, 0.6) is 5.75 Å². The van der Waals surface area contributed by atoms with E-state index in [1.54, 1.807) is 30.5 Å². The van der Waals surface area contributed by atoms with Gasteiger partial charge in [0.05, 0.1) is 22.6 Å². The molecule has 2 heterocycles. The van der Waals surface area contributed by atoms with E-state index >= 15 is 0 Å². The second kappa shape index (κ2) is 6.37. The van der Waals surface area contributed by atoms with E-state index < -0.39 is 0 Å². The van der Waals surface area contributed by atoms with E-state index in [0.717, 1.165) is 11.3 Å². The summed E-state index contributed by atoms with van der Waals surface area (Å²) in [6.45, 7) is 0. The highest BCUT2D eigenvalue weighted by atomic mass is 35.5. The van der Waals surface area contributed by atoms with Gasteiger partial charge in [0.25, 0.3) is 0 Å². The number of aromatic hydroxyl groups is 1. The summed E-state index contributed by atoms with van der Waals surface area (Å²) in [6, 6.07) is 18.0. The number of halogens is 1. The van der Waals surface area contributed by atoms with Crippen LogP contribution < -0.4 is 5.32 Å². The number of aromatic nitrogens is 3. The first-order valence-corrected chi connectivity index (χ1v) is 8.01. The Bertz CT molecular complexity index is 1050. The lowest BCUT2D eigenvalue weighted by molar-refractivity contribution is 0.475. The summed E-state index contributed by atoms with van der Waals surface area (Å²) in [6.07, 6.45) is 1.69. The van der Waals surface area contributed by atoms with Crippen LogP contribution >= 0.6 is 11.6 Å². The average molecular weight is 349 g/mol. The van der Waals surface area contributed by atoms with Crippen LogP contribution in [0.1, 0.15) is 0 Å². The zero-order valence-corrected chi connectivity index (χ0v) is 13.8. The minimum atomic E-state index is 0.210. The topological polar surface area (TPSA) is 70.9 Å². The molecule has 0 saturated carbocycles. The Hall–Kier alpha value is -3.18. The second-order valence-corrected chi connectivity index (χ2v) is 5.85. The summed E-state index contributed by atoms with van der Waals surface area (Å²) >= 11 is 6.17. The molecule has 0 radical (unpaired) electrons. The second-order valence-electron chi connectivity index (χ2n) is 5.45. The number of hydrogen-bond acceptors (Lipinski definition) is 5. The monoisotopic (exact) mass is 348 g/mol. The number of nitrogens with zero attached hydrogens (tertiary/aromatic N) is 3. The summed E-state index contributed by atoms with van der Waals surface area (Å²) in [5.74, 6) is 0.847. The quantitative estimate of drug-likeness (QED) is 0.556. The number of nitrogens with one attached hydrogen (secondary N) is 1. The van der Waals surface area contributed by atoms with E-state index in [-0.39, 0.29) is 5.75 Å². The van der Waals surface area contributed by atoms with Crippen LogP contribution in [0.25, 0.3) is 22.4 Å². The summed E-state index contributed by atoms with van der Waals surface area (Å²) < 4.78 is 0. The molecular weight excluding hydrogens is 336 g/mol. The smallest absolute Gasteiger partial charge is 0.180 e. The van der Waals surface area contributed by atoms with Crippen LogP contribution in [-0.4, -0.2) is 20.1 Å². The number of anilines is 2. The Morgan fingerprint density at radius 2 is 1.68 bits per heavy atom. The van der Waals surface area contributed by atoms with Gasteiger partial charge in [-0.15, -0.1) is 0 Å². The Morgan fingerprint density at radius 3 is 2.48 bits per heavy atom. The van der Waals surface area contributed by atoms with Gasteiger partial charge in [-0.05, 0) is 48.5 Å². The van der Waals surface area contributed by atoms with Crippen molar-refractivity contribution < 1.29 is 5.11 Å². The molecule has 0 spiro atoms. The zero-order chi connectivity index (χ0) is 17.2. The lowest BCUT2D eigenvalue weighted by Crippen LogP contribution is -1.97. The molecule has 0 saturated heterocycles. The Morgan fingerprint density at radius 1 is 0.880 bits per heavy atom. The van der Waals surface area contributed by atoms with E-state index in [1.807, 2.05) is 36.4 Å². The van der Waals surface area contributed by atoms with Gasteiger partial charge in [0.1, 0.15) is 17.1 Å². The van der Waals surface area contributed by atoms with E-state index in [1.165, 1.54) is 0 Å². The lowest BCUT2D eigenvalue weighted by atomic mass is 10.1. The van der Waals surface area contributed by atoms with Gasteiger partial charge in [-0.1, -0.05) is 23.7 Å². The van der Waals surface area contributed by atoms with Crippen molar-refractivity contribution in [2.75, 3.05) is 5.32 Å². The molecule has 0 bridgehead atoms. The fourth-order valence-electron chi connectivity index (χ4n) is 2.44. The van der Waals surface area contributed by atoms with Crippen LogP contribution in [0.4, 0.5) is 11.5 Å². The molecule has 0 fully saturated rings. The maximum absolute atomic E-state index is 9.41. The maximum Gasteiger partial charge on any atom is 0.180 e. The third-order valence-corrected chi connectivity index (χ3v) is 4.04. The number of pyridine rings is 1. The maximum atomic E-state index is 9.41. The lowest BCUT2D eigenvalue weighted by Gasteiger charge is -2.08. The van der Waals surface area contributed by atoms with Crippen molar-refractivity contribution in [2.45, 2.75) is 0 Å². The minimum Gasteiger partial charge on any atom is -0.508 e. The van der Waals surface area contributed by atoms with E-state index in [2.05, 4.69) is 20.3 Å². The number of fused-ring (bicyclic) bond motifs is 1.